The lowest BCUT2D eigenvalue weighted by Gasteiger charge is -2.51. The molecule has 2 aromatic rings. The zero-order valence-electron chi connectivity index (χ0n) is 17.9. The number of benzene rings is 2. The predicted molar refractivity (Wildman–Crippen MR) is 119 cm³/mol. The number of nitrogens with zero attached hydrogens (tertiary/aromatic N) is 2. The normalized spacial score (nSPS) is 27.1. The Balaban J connectivity index is 1.36. The molecule has 3 atom stereocenters. The van der Waals surface area contributed by atoms with Crippen molar-refractivity contribution < 1.29 is 14.3 Å². The minimum atomic E-state index is -0.450. The minimum Gasteiger partial charge on any atom is -0.376 e. The van der Waals surface area contributed by atoms with Crippen LogP contribution in [-0.2, 0) is 14.3 Å². The van der Waals surface area contributed by atoms with Crippen LogP contribution in [0.5, 0.6) is 0 Å². The number of fused-ring (bicyclic) bond motifs is 1. The quantitative estimate of drug-likeness (QED) is 0.815. The summed E-state index contributed by atoms with van der Waals surface area (Å²) in [5.41, 5.74) is 2.68. The maximum atomic E-state index is 13.0. The third-order valence-corrected chi connectivity index (χ3v) is 6.79. The van der Waals surface area contributed by atoms with E-state index in [4.69, 9.17) is 9.47 Å². The van der Waals surface area contributed by atoms with Crippen molar-refractivity contribution in [3.63, 3.8) is 0 Å². The summed E-state index contributed by atoms with van der Waals surface area (Å²) < 4.78 is 11.1. The molecule has 0 radical (unpaired) electrons. The van der Waals surface area contributed by atoms with Crippen LogP contribution in [0, 0.1) is 0 Å². The first-order valence-electron chi connectivity index (χ1n) is 11.4. The molecule has 3 saturated heterocycles. The topological polar surface area (TPSA) is 54.0 Å². The van der Waals surface area contributed by atoms with Gasteiger partial charge in [0.2, 0.25) is 0 Å². The Labute approximate surface area is 184 Å². The van der Waals surface area contributed by atoms with Crippen LogP contribution in [-0.4, -0.2) is 86.4 Å². The first kappa shape index (κ1) is 20.6. The average Bonchev–Trinajstić information content (AvgIpc) is 2.85. The summed E-state index contributed by atoms with van der Waals surface area (Å²) in [7, 11) is 0. The summed E-state index contributed by atoms with van der Waals surface area (Å²) >= 11 is 0. The second kappa shape index (κ2) is 9.49. The summed E-state index contributed by atoms with van der Waals surface area (Å²) in [6, 6.07) is 22.3. The number of rotatable bonds is 4. The van der Waals surface area contributed by atoms with Crippen LogP contribution in [0.15, 0.2) is 60.7 Å². The van der Waals surface area contributed by atoms with Gasteiger partial charge in [-0.15, -0.1) is 0 Å². The Hall–Kier alpha value is -2.25. The van der Waals surface area contributed by atoms with Crippen molar-refractivity contribution in [2.75, 3.05) is 52.5 Å². The fraction of sp³-hybridized carbons (Fsp3) is 0.480. The van der Waals surface area contributed by atoms with Gasteiger partial charge in [0.25, 0.3) is 5.91 Å². The number of hydrogen-bond donors (Lipinski definition) is 1. The van der Waals surface area contributed by atoms with E-state index in [2.05, 4.69) is 70.9 Å². The van der Waals surface area contributed by atoms with E-state index in [1.54, 1.807) is 0 Å². The summed E-state index contributed by atoms with van der Waals surface area (Å²) in [5, 5.41) is 3.66. The Morgan fingerprint density at radius 2 is 1.65 bits per heavy atom. The fourth-order valence-electron chi connectivity index (χ4n) is 5.30. The first-order valence-corrected chi connectivity index (χ1v) is 11.4. The van der Waals surface area contributed by atoms with Crippen LogP contribution in [0.2, 0.25) is 0 Å². The van der Waals surface area contributed by atoms with Gasteiger partial charge in [0.1, 0.15) is 0 Å². The zero-order chi connectivity index (χ0) is 21.0. The molecule has 31 heavy (non-hydrogen) atoms. The summed E-state index contributed by atoms with van der Waals surface area (Å²) in [6.07, 6.45) is -0.450. The number of amides is 1. The minimum absolute atomic E-state index is 0.0733. The highest BCUT2D eigenvalue weighted by atomic mass is 16.6. The van der Waals surface area contributed by atoms with Crippen molar-refractivity contribution in [1.82, 2.24) is 15.1 Å². The lowest BCUT2D eigenvalue weighted by molar-refractivity contribution is -0.161. The van der Waals surface area contributed by atoms with E-state index in [9.17, 15) is 4.79 Å². The van der Waals surface area contributed by atoms with Crippen molar-refractivity contribution in [2.45, 2.75) is 24.1 Å². The van der Waals surface area contributed by atoms with E-state index in [0.717, 1.165) is 32.7 Å². The van der Waals surface area contributed by atoms with Crippen LogP contribution in [0.3, 0.4) is 0 Å². The van der Waals surface area contributed by atoms with E-state index < -0.39 is 6.10 Å². The first-order chi connectivity index (χ1) is 15.3. The highest BCUT2D eigenvalue weighted by Crippen LogP contribution is 2.34. The van der Waals surface area contributed by atoms with Gasteiger partial charge >= 0.3 is 0 Å². The molecule has 1 amide bonds. The number of nitrogens with one attached hydrogen (secondary N) is 1. The van der Waals surface area contributed by atoms with Gasteiger partial charge < -0.3 is 19.7 Å². The third kappa shape index (κ3) is 4.39. The molecule has 3 fully saturated rings. The Bertz CT molecular complexity index is 817. The van der Waals surface area contributed by atoms with E-state index in [1.165, 1.54) is 11.1 Å². The molecular formula is C25H31N3O3. The van der Waals surface area contributed by atoms with Gasteiger partial charge in [-0.05, 0) is 11.1 Å². The molecule has 6 nitrogen and oxygen atoms in total. The van der Waals surface area contributed by atoms with Gasteiger partial charge in [-0.25, -0.2) is 0 Å². The molecule has 0 spiro atoms. The maximum absolute atomic E-state index is 13.0. The van der Waals surface area contributed by atoms with Gasteiger partial charge in [0.05, 0.1) is 19.8 Å². The van der Waals surface area contributed by atoms with Crippen molar-refractivity contribution >= 4 is 5.91 Å². The van der Waals surface area contributed by atoms with Gasteiger partial charge in [-0.1, -0.05) is 60.7 Å². The molecule has 164 valence electrons. The molecule has 6 heteroatoms. The Morgan fingerprint density at radius 1 is 0.935 bits per heavy atom. The van der Waals surface area contributed by atoms with Gasteiger partial charge in [0, 0.05) is 50.7 Å². The van der Waals surface area contributed by atoms with Crippen molar-refractivity contribution in [3.8, 4) is 0 Å². The second-order valence-electron chi connectivity index (χ2n) is 8.63. The average molecular weight is 422 g/mol. The van der Waals surface area contributed by atoms with Crippen LogP contribution >= 0.6 is 0 Å². The molecule has 2 aromatic carbocycles. The SMILES string of the molecule is O=C(C1COCCO1)N1CCN2[C@H](CNC[C@H]2C(c2ccccc2)c2ccccc2)C1. The van der Waals surface area contributed by atoms with E-state index in [-0.39, 0.29) is 11.8 Å². The molecular weight excluding hydrogens is 390 g/mol. The second-order valence-corrected chi connectivity index (χ2v) is 8.63. The lowest BCUT2D eigenvalue weighted by atomic mass is 9.82. The van der Waals surface area contributed by atoms with E-state index >= 15 is 0 Å². The number of ether oxygens (including phenoxy) is 2. The zero-order valence-corrected chi connectivity index (χ0v) is 17.9. The van der Waals surface area contributed by atoms with Gasteiger partial charge in [-0.3, -0.25) is 9.69 Å². The monoisotopic (exact) mass is 421 g/mol. The van der Waals surface area contributed by atoms with Crippen LogP contribution in [0.1, 0.15) is 17.0 Å². The molecule has 0 saturated carbocycles. The molecule has 1 N–H and O–H groups in total. The standard InChI is InChI=1S/C25H31N3O3/c29-25(23-18-30-13-14-31-23)27-11-12-28-21(17-27)15-26-16-22(28)24(19-7-3-1-4-8-19)20-9-5-2-6-10-20/h1-10,21-24,26H,11-18H2/t21-,22+,23?/m1/s1. The molecule has 0 aliphatic carbocycles. The molecule has 0 bridgehead atoms. The van der Waals surface area contributed by atoms with Crippen LogP contribution < -0.4 is 5.32 Å². The number of piperazine rings is 2. The molecule has 1 unspecified atom stereocenters. The van der Waals surface area contributed by atoms with Gasteiger partial charge in [-0.2, -0.15) is 0 Å². The smallest absolute Gasteiger partial charge is 0.254 e. The molecule has 0 aromatic heterocycles. The molecule has 3 aliphatic heterocycles. The van der Waals surface area contributed by atoms with Crippen molar-refractivity contribution in [2.24, 2.45) is 0 Å². The van der Waals surface area contributed by atoms with Gasteiger partial charge in [0.15, 0.2) is 6.10 Å². The largest absolute Gasteiger partial charge is 0.376 e. The third-order valence-electron chi connectivity index (χ3n) is 6.79. The summed E-state index contributed by atoms with van der Waals surface area (Å²) in [6.45, 7) is 5.64. The summed E-state index contributed by atoms with van der Waals surface area (Å²) in [5.74, 6) is 0.360. The van der Waals surface area contributed by atoms with Crippen molar-refractivity contribution in [1.29, 1.82) is 0 Å². The maximum Gasteiger partial charge on any atom is 0.254 e. The fourth-order valence-corrected chi connectivity index (χ4v) is 5.30. The van der Waals surface area contributed by atoms with E-state index in [0.29, 0.717) is 31.9 Å². The molecule has 3 heterocycles. The number of hydrogen-bond acceptors (Lipinski definition) is 5. The highest BCUT2D eigenvalue weighted by molar-refractivity contribution is 5.81. The van der Waals surface area contributed by atoms with Crippen LogP contribution in [0.25, 0.3) is 0 Å². The number of carbonyl (C=O) groups excluding carboxylic acids is 1. The lowest BCUT2D eigenvalue weighted by Crippen LogP contribution is -2.67. The summed E-state index contributed by atoms with van der Waals surface area (Å²) in [4.78, 5) is 17.6. The van der Waals surface area contributed by atoms with E-state index in [1.807, 2.05) is 4.90 Å². The van der Waals surface area contributed by atoms with Crippen molar-refractivity contribution in [3.05, 3.63) is 71.8 Å². The Morgan fingerprint density at radius 3 is 2.29 bits per heavy atom. The molecule has 5 rings (SSSR count). The highest BCUT2D eigenvalue weighted by Gasteiger charge is 2.41. The molecule has 3 aliphatic rings. The Kier molecular flexibility index (Phi) is 6.32. The number of carbonyl (C=O) groups is 1. The predicted octanol–water partition coefficient (Wildman–Crippen LogP) is 1.72. The van der Waals surface area contributed by atoms with Crippen LogP contribution in [0.4, 0.5) is 0 Å².